The van der Waals surface area contributed by atoms with Gasteiger partial charge in [0.2, 0.25) is 0 Å². The summed E-state index contributed by atoms with van der Waals surface area (Å²) in [4.78, 5) is 4.14. The quantitative estimate of drug-likeness (QED) is 0.733. The maximum absolute atomic E-state index is 5.92. The molecule has 2 heterocycles. The van der Waals surface area contributed by atoms with Crippen molar-refractivity contribution in [3.63, 3.8) is 0 Å². The van der Waals surface area contributed by atoms with Crippen LogP contribution in [0, 0.1) is 13.8 Å². The predicted molar refractivity (Wildman–Crippen MR) is 75.5 cm³/mol. The number of nitrogens with zero attached hydrogens (tertiary/aromatic N) is 3. The molecule has 0 unspecified atom stereocenters. The summed E-state index contributed by atoms with van der Waals surface area (Å²) in [6.07, 6.45) is 3.33. The summed E-state index contributed by atoms with van der Waals surface area (Å²) in [7, 11) is 1.66. The third kappa shape index (κ3) is 2.18. The van der Waals surface area contributed by atoms with Gasteiger partial charge in [-0.15, -0.1) is 0 Å². The van der Waals surface area contributed by atoms with Crippen molar-refractivity contribution in [3.05, 3.63) is 47.9 Å². The van der Waals surface area contributed by atoms with E-state index in [0.717, 1.165) is 34.0 Å². The van der Waals surface area contributed by atoms with Crippen molar-refractivity contribution >= 4 is 5.65 Å². The Morgan fingerprint density at radius 3 is 2.65 bits per heavy atom. The van der Waals surface area contributed by atoms with Gasteiger partial charge in [-0.05, 0) is 37.1 Å². The molecule has 0 fully saturated rings. The Balaban J connectivity index is 1.97. The third-order valence-electron chi connectivity index (χ3n) is 3.17. The van der Waals surface area contributed by atoms with Gasteiger partial charge in [-0.25, -0.2) is 9.50 Å². The van der Waals surface area contributed by atoms with E-state index < -0.39 is 0 Å². The molecule has 0 radical (unpaired) electrons. The van der Waals surface area contributed by atoms with E-state index in [1.807, 2.05) is 44.3 Å². The first-order chi connectivity index (χ1) is 9.67. The summed E-state index contributed by atoms with van der Waals surface area (Å²) >= 11 is 0. The van der Waals surface area contributed by atoms with Gasteiger partial charge in [0, 0.05) is 18.3 Å². The number of aryl methyl sites for hydroxylation is 2. The minimum atomic E-state index is 0.722. The molecule has 2 aromatic heterocycles. The fraction of sp³-hybridized carbons (Fsp3) is 0.200. The summed E-state index contributed by atoms with van der Waals surface area (Å²) < 4.78 is 12.9. The summed E-state index contributed by atoms with van der Waals surface area (Å²) in [5, 5.41) is 4.05. The fourth-order valence-corrected chi connectivity index (χ4v) is 2.13. The number of aromatic nitrogens is 3. The number of benzene rings is 1. The van der Waals surface area contributed by atoms with E-state index in [1.165, 1.54) is 6.33 Å². The number of ether oxygens (including phenoxy) is 2. The van der Waals surface area contributed by atoms with Crippen LogP contribution < -0.4 is 9.47 Å². The molecule has 0 atom stereocenters. The summed E-state index contributed by atoms with van der Waals surface area (Å²) in [6, 6.07) is 7.65. The molecular weight excluding hydrogens is 254 g/mol. The van der Waals surface area contributed by atoms with E-state index in [0.29, 0.717) is 0 Å². The normalized spacial score (nSPS) is 10.8. The van der Waals surface area contributed by atoms with E-state index in [1.54, 1.807) is 11.6 Å². The van der Waals surface area contributed by atoms with Gasteiger partial charge < -0.3 is 9.47 Å². The second kappa shape index (κ2) is 4.85. The van der Waals surface area contributed by atoms with Crippen LogP contribution in [0.2, 0.25) is 0 Å². The standard InChI is InChI=1S/C15H15N3O2/c1-10-6-11(2)14(8-13(10)19-3)20-12-4-5-18-15(7-12)16-9-17-18/h4-9H,1-3H3. The number of hydrogen-bond acceptors (Lipinski definition) is 4. The van der Waals surface area contributed by atoms with E-state index in [9.17, 15) is 0 Å². The Morgan fingerprint density at radius 2 is 1.85 bits per heavy atom. The predicted octanol–water partition coefficient (Wildman–Crippen LogP) is 3.15. The molecule has 0 saturated heterocycles. The third-order valence-corrected chi connectivity index (χ3v) is 3.17. The molecule has 0 aliphatic heterocycles. The molecule has 0 saturated carbocycles. The van der Waals surface area contributed by atoms with Crippen LogP contribution in [-0.2, 0) is 0 Å². The molecule has 0 spiro atoms. The molecule has 0 aliphatic rings. The van der Waals surface area contributed by atoms with Crippen LogP contribution in [0.1, 0.15) is 11.1 Å². The van der Waals surface area contributed by atoms with E-state index in [2.05, 4.69) is 10.1 Å². The van der Waals surface area contributed by atoms with Crippen molar-refractivity contribution in [2.24, 2.45) is 0 Å². The van der Waals surface area contributed by atoms with Gasteiger partial charge in [0.25, 0.3) is 0 Å². The lowest BCUT2D eigenvalue weighted by Gasteiger charge is -2.12. The fourth-order valence-electron chi connectivity index (χ4n) is 2.13. The minimum absolute atomic E-state index is 0.722. The summed E-state index contributed by atoms with van der Waals surface area (Å²) in [6.45, 7) is 4.02. The molecule has 0 amide bonds. The molecule has 0 N–H and O–H groups in total. The van der Waals surface area contributed by atoms with Gasteiger partial charge in [-0.1, -0.05) is 0 Å². The number of pyridine rings is 1. The molecule has 1 aromatic carbocycles. The van der Waals surface area contributed by atoms with Crippen LogP contribution in [0.25, 0.3) is 5.65 Å². The van der Waals surface area contributed by atoms with Crippen molar-refractivity contribution in [3.8, 4) is 17.2 Å². The Labute approximate surface area is 116 Å². The first-order valence-corrected chi connectivity index (χ1v) is 6.30. The zero-order valence-electron chi connectivity index (χ0n) is 11.6. The first kappa shape index (κ1) is 12.5. The maximum Gasteiger partial charge on any atom is 0.158 e. The number of rotatable bonds is 3. The van der Waals surface area contributed by atoms with E-state index in [4.69, 9.17) is 9.47 Å². The average Bonchev–Trinajstić information content (AvgIpc) is 2.89. The first-order valence-electron chi connectivity index (χ1n) is 6.30. The van der Waals surface area contributed by atoms with Gasteiger partial charge in [-0.3, -0.25) is 0 Å². The Hall–Kier alpha value is -2.56. The second-order valence-corrected chi connectivity index (χ2v) is 4.61. The lowest BCUT2D eigenvalue weighted by molar-refractivity contribution is 0.405. The average molecular weight is 269 g/mol. The molecule has 3 aromatic rings. The minimum Gasteiger partial charge on any atom is -0.496 e. The maximum atomic E-state index is 5.92. The topological polar surface area (TPSA) is 48.7 Å². The Morgan fingerprint density at radius 1 is 1.05 bits per heavy atom. The van der Waals surface area contributed by atoms with Crippen LogP contribution in [0.15, 0.2) is 36.8 Å². The molecular formula is C15H15N3O2. The van der Waals surface area contributed by atoms with Crippen LogP contribution in [0.3, 0.4) is 0 Å². The molecule has 5 heteroatoms. The highest BCUT2D eigenvalue weighted by atomic mass is 16.5. The van der Waals surface area contributed by atoms with Crippen molar-refractivity contribution in [2.75, 3.05) is 7.11 Å². The van der Waals surface area contributed by atoms with Crippen molar-refractivity contribution in [1.82, 2.24) is 14.6 Å². The highest BCUT2D eigenvalue weighted by Gasteiger charge is 2.08. The van der Waals surface area contributed by atoms with Crippen molar-refractivity contribution in [2.45, 2.75) is 13.8 Å². The van der Waals surface area contributed by atoms with Crippen LogP contribution in [0.5, 0.6) is 17.2 Å². The second-order valence-electron chi connectivity index (χ2n) is 4.61. The molecule has 20 heavy (non-hydrogen) atoms. The monoisotopic (exact) mass is 269 g/mol. The summed E-state index contributed by atoms with van der Waals surface area (Å²) in [5.74, 6) is 2.31. The molecule has 0 aliphatic carbocycles. The highest BCUT2D eigenvalue weighted by Crippen LogP contribution is 2.31. The zero-order valence-corrected chi connectivity index (χ0v) is 11.6. The smallest absolute Gasteiger partial charge is 0.158 e. The van der Waals surface area contributed by atoms with Gasteiger partial charge in [-0.2, -0.15) is 5.10 Å². The van der Waals surface area contributed by atoms with Crippen LogP contribution in [0.4, 0.5) is 0 Å². The Kier molecular flexibility index (Phi) is 3.02. The van der Waals surface area contributed by atoms with Crippen molar-refractivity contribution in [1.29, 1.82) is 0 Å². The largest absolute Gasteiger partial charge is 0.496 e. The molecule has 3 rings (SSSR count). The van der Waals surface area contributed by atoms with E-state index >= 15 is 0 Å². The van der Waals surface area contributed by atoms with E-state index in [-0.39, 0.29) is 0 Å². The summed E-state index contributed by atoms with van der Waals surface area (Å²) in [5.41, 5.74) is 2.90. The zero-order chi connectivity index (χ0) is 14.1. The Bertz CT molecular complexity index is 765. The number of methoxy groups -OCH3 is 1. The number of hydrogen-bond donors (Lipinski definition) is 0. The van der Waals surface area contributed by atoms with Gasteiger partial charge in [0.05, 0.1) is 7.11 Å². The van der Waals surface area contributed by atoms with Crippen molar-refractivity contribution < 1.29 is 9.47 Å². The highest BCUT2D eigenvalue weighted by molar-refractivity contribution is 5.49. The lowest BCUT2D eigenvalue weighted by Crippen LogP contribution is -1.94. The SMILES string of the molecule is COc1cc(Oc2ccn3ncnc3c2)c(C)cc1C. The molecule has 5 nitrogen and oxygen atoms in total. The lowest BCUT2D eigenvalue weighted by atomic mass is 10.1. The van der Waals surface area contributed by atoms with Gasteiger partial charge in [0.1, 0.15) is 23.6 Å². The van der Waals surface area contributed by atoms with Crippen LogP contribution >= 0.6 is 0 Å². The van der Waals surface area contributed by atoms with Gasteiger partial charge in [0.15, 0.2) is 5.65 Å². The molecule has 102 valence electrons. The van der Waals surface area contributed by atoms with Gasteiger partial charge >= 0.3 is 0 Å². The van der Waals surface area contributed by atoms with Crippen LogP contribution in [-0.4, -0.2) is 21.7 Å². The molecule has 0 bridgehead atoms. The number of fused-ring (bicyclic) bond motifs is 1.